The van der Waals surface area contributed by atoms with E-state index in [0.29, 0.717) is 24.5 Å². The second kappa shape index (κ2) is 12.9. The number of hydrogen-bond acceptors (Lipinski definition) is 6. The van der Waals surface area contributed by atoms with Crippen molar-refractivity contribution in [3.63, 3.8) is 0 Å². The molecular formula is C24H30N4O6. The molecule has 0 radical (unpaired) electrons. The molecular weight excluding hydrogens is 440 g/mol. The van der Waals surface area contributed by atoms with E-state index in [-0.39, 0.29) is 41.9 Å². The van der Waals surface area contributed by atoms with Gasteiger partial charge in [0, 0.05) is 36.3 Å². The summed E-state index contributed by atoms with van der Waals surface area (Å²) in [7, 11) is 0. The highest BCUT2D eigenvalue weighted by Gasteiger charge is 2.22. The molecule has 0 aromatic heterocycles. The molecule has 0 saturated heterocycles. The first-order valence-corrected chi connectivity index (χ1v) is 11.0. The molecule has 0 spiro atoms. The fourth-order valence-corrected chi connectivity index (χ4v) is 3.13. The van der Waals surface area contributed by atoms with Crippen LogP contribution in [0.25, 0.3) is 0 Å². The van der Waals surface area contributed by atoms with Crippen molar-refractivity contribution < 1.29 is 24.0 Å². The zero-order chi connectivity index (χ0) is 25.1. The second-order valence-electron chi connectivity index (χ2n) is 8.01. The van der Waals surface area contributed by atoms with Crippen LogP contribution >= 0.6 is 0 Å². The molecule has 10 nitrogen and oxygen atoms in total. The minimum Gasteiger partial charge on any atom is -0.494 e. The Bertz CT molecular complexity index is 990. The number of ether oxygens (including phenoxy) is 1. The molecule has 0 bridgehead atoms. The summed E-state index contributed by atoms with van der Waals surface area (Å²) < 4.78 is 5.39. The van der Waals surface area contributed by atoms with Crippen molar-refractivity contribution >= 4 is 29.1 Å². The predicted molar refractivity (Wildman–Crippen MR) is 128 cm³/mol. The molecule has 3 N–H and O–H groups in total. The van der Waals surface area contributed by atoms with Gasteiger partial charge in [-0.25, -0.2) is 0 Å². The van der Waals surface area contributed by atoms with Gasteiger partial charge in [-0.1, -0.05) is 13.8 Å². The quantitative estimate of drug-likeness (QED) is 0.321. The Hall–Kier alpha value is -3.95. The van der Waals surface area contributed by atoms with E-state index in [2.05, 4.69) is 16.0 Å². The third-order valence-corrected chi connectivity index (χ3v) is 4.77. The fraction of sp³-hybridized carbons (Fsp3) is 0.375. The molecule has 0 saturated carbocycles. The van der Waals surface area contributed by atoms with E-state index in [1.165, 1.54) is 24.3 Å². The van der Waals surface area contributed by atoms with Gasteiger partial charge in [0.15, 0.2) is 0 Å². The summed E-state index contributed by atoms with van der Waals surface area (Å²) in [5.41, 5.74) is 0.723. The lowest BCUT2D eigenvalue weighted by molar-refractivity contribution is -0.384. The smallest absolute Gasteiger partial charge is 0.269 e. The highest BCUT2D eigenvalue weighted by atomic mass is 16.6. The number of anilines is 1. The Kier molecular flexibility index (Phi) is 10.0. The van der Waals surface area contributed by atoms with Crippen molar-refractivity contribution in [2.45, 2.75) is 39.7 Å². The molecule has 0 unspecified atom stereocenters. The highest BCUT2D eigenvalue weighted by molar-refractivity contribution is 5.97. The maximum Gasteiger partial charge on any atom is 0.269 e. The lowest BCUT2D eigenvalue weighted by Gasteiger charge is -2.20. The molecule has 182 valence electrons. The summed E-state index contributed by atoms with van der Waals surface area (Å²) in [5, 5.41) is 18.8. The minimum absolute atomic E-state index is 0.0242. The maximum absolute atomic E-state index is 12.8. The second-order valence-corrected chi connectivity index (χ2v) is 8.01. The SMILES string of the molecule is CCOc1ccc(NC(=O)[C@@H](CC(C)C)NC(=O)CCNC(=O)c2ccc([N+](=O)[O-])cc2)cc1. The monoisotopic (exact) mass is 470 g/mol. The summed E-state index contributed by atoms with van der Waals surface area (Å²) in [6.07, 6.45) is 0.424. The third kappa shape index (κ3) is 8.53. The largest absolute Gasteiger partial charge is 0.494 e. The van der Waals surface area contributed by atoms with Gasteiger partial charge in [0.1, 0.15) is 11.8 Å². The first-order chi connectivity index (χ1) is 16.2. The van der Waals surface area contributed by atoms with Crippen molar-refractivity contribution in [1.82, 2.24) is 10.6 Å². The van der Waals surface area contributed by atoms with Crippen LogP contribution in [-0.2, 0) is 9.59 Å². The van der Waals surface area contributed by atoms with Crippen LogP contribution in [0.4, 0.5) is 11.4 Å². The molecule has 34 heavy (non-hydrogen) atoms. The van der Waals surface area contributed by atoms with Gasteiger partial charge in [0.2, 0.25) is 11.8 Å². The van der Waals surface area contributed by atoms with Crippen molar-refractivity contribution in [3.8, 4) is 5.75 Å². The molecule has 2 aromatic carbocycles. The normalized spacial score (nSPS) is 11.4. The molecule has 0 heterocycles. The van der Waals surface area contributed by atoms with E-state index in [1.807, 2.05) is 20.8 Å². The van der Waals surface area contributed by atoms with Crippen LogP contribution in [0.1, 0.15) is 44.0 Å². The summed E-state index contributed by atoms with van der Waals surface area (Å²) in [5.74, 6) is -0.297. The van der Waals surface area contributed by atoms with E-state index in [1.54, 1.807) is 24.3 Å². The van der Waals surface area contributed by atoms with Gasteiger partial charge in [0.05, 0.1) is 11.5 Å². The van der Waals surface area contributed by atoms with Crippen molar-refractivity contribution in [1.29, 1.82) is 0 Å². The van der Waals surface area contributed by atoms with E-state index in [9.17, 15) is 24.5 Å². The van der Waals surface area contributed by atoms with Crippen LogP contribution in [0, 0.1) is 16.0 Å². The Morgan fingerprint density at radius 3 is 2.24 bits per heavy atom. The van der Waals surface area contributed by atoms with Crippen LogP contribution in [0.5, 0.6) is 5.75 Å². The lowest BCUT2D eigenvalue weighted by Crippen LogP contribution is -2.45. The number of nitro groups is 1. The van der Waals surface area contributed by atoms with Gasteiger partial charge >= 0.3 is 0 Å². The number of rotatable bonds is 12. The molecule has 2 aromatic rings. The fourth-order valence-electron chi connectivity index (χ4n) is 3.13. The molecule has 10 heteroatoms. The number of non-ortho nitro benzene ring substituents is 1. The molecule has 3 amide bonds. The van der Waals surface area contributed by atoms with Crippen molar-refractivity contribution in [3.05, 3.63) is 64.2 Å². The number of hydrogen-bond donors (Lipinski definition) is 3. The van der Waals surface area contributed by atoms with Crippen LogP contribution in [-0.4, -0.2) is 41.8 Å². The topological polar surface area (TPSA) is 140 Å². The minimum atomic E-state index is -0.732. The molecule has 0 fully saturated rings. The Morgan fingerprint density at radius 2 is 1.68 bits per heavy atom. The van der Waals surface area contributed by atoms with Gasteiger partial charge in [0.25, 0.3) is 11.6 Å². The third-order valence-electron chi connectivity index (χ3n) is 4.77. The van der Waals surface area contributed by atoms with Gasteiger partial charge in [-0.2, -0.15) is 0 Å². The number of amides is 3. The number of carbonyl (C=O) groups is 3. The predicted octanol–water partition coefficient (Wildman–Crippen LogP) is 3.28. The summed E-state index contributed by atoms with van der Waals surface area (Å²) in [6.45, 7) is 6.39. The van der Waals surface area contributed by atoms with Crippen molar-refractivity contribution in [2.24, 2.45) is 5.92 Å². The standard InChI is InChI=1S/C24H30N4O6/c1-4-34-20-11-7-18(8-12-20)26-24(31)21(15-16(2)3)27-22(29)13-14-25-23(30)17-5-9-19(10-6-17)28(32)33/h5-12,16,21H,4,13-15H2,1-3H3,(H,25,30)(H,26,31)(H,27,29)/t21-/m1/s1. The Morgan fingerprint density at radius 1 is 1.03 bits per heavy atom. The first kappa shape index (κ1) is 26.3. The van der Waals surface area contributed by atoms with Gasteiger partial charge < -0.3 is 20.7 Å². The zero-order valence-electron chi connectivity index (χ0n) is 19.5. The Balaban J connectivity index is 1.87. The Labute approximate surface area is 198 Å². The lowest BCUT2D eigenvalue weighted by atomic mass is 10.0. The van der Waals surface area contributed by atoms with Crippen molar-refractivity contribution in [2.75, 3.05) is 18.5 Å². The molecule has 0 aliphatic carbocycles. The first-order valence-electron chi connectivity index (χ1n) is 11.0. The van der Waals surface area contributed by atoms with Crippen LogP contribution < -0.4 is 20.7 Å². The molecule has 0 aliphatic heterocycles. The van der Waals surface area contributed by atoms with Crippen LogP contribution in [0.15, 0.2) is 48.5 Å². The van der Waals surface area contributed by atoms with Gasteiger partial charge in [-0.05, 0) is 55.7 Å². The number of carbonyl (C=O) groups excluding carboxylic acids is 3. The van der Waals surface area contributed by atoms with Gasteiger partial charge in [-0.3, -0.25) is 24.5 Å². The van der Waals surface area contributed by atoms with Crippen LogP contribution in [0.3, 0.4) is 0 Å². The zero-order valence-corrected chi connectivity index (χ0v) is 19.5. The van der Waals surface area contributed by atoms with Crippen LogP contribution in [0.2, 0.25) is 0 Å². The van der Waals surface area contributed by atoms with E-state index >= 15 is 0 Å². The molecule has 1 atom stereocenters. The van der Waals surface area contributed by atoms with E-state index in [0.717, 1.165) is 0 Å². The number of nitrogens with one attached hydrogen (secondary N) is 3. The number of nitrogens with zero attached hydrogens (tertiary/aromatic N) is 1. The number of nitro benzene ring substituents is 1. The summed E-state index contributed by atoms with van der Waals surface area (Å²) in [6, 6.07) is 11.4. The molecule has 0 aliphatic rings. The van der Waals surface area contributed by atoms with E-state index in [4.69, 9.17) is 4.74 Å². The van der Waals surface area contributed by atoms with Gasteiger partial charge in [-0.15, -0.1) is 0 Å². The summed E-state index contributed by atoms with van der Waals surface area (Å²) >= 11 is 0. The average molecular weight is 471 g/mol. The number of benzene rings is 2. The average Bonchev–Trinajstić information content (AvgIpc) is 2.79. The summed E-state index contributed by atoms with van der Waals surface area (Å²) in [4.78, 5) is 47.5. The van der Waals surface area contributed by atoms with E-state index < -0.39 is 16.9 Å². The molecule has 2 rings (SSSR count). The highest BCUT2D eigenvalue weighted by Crippen LogP contribution is 2.17. The maximum atomic E-state index is 12.8.